The van der Waals surface area contributed by atoms with E-state index in [-0.39, 0.29) is 23.6 Å². The van der Waals surface area contributed by atoms with E-state index in [0.29, 0.717) is 16.3 Å². The van der Waals surface area contributed by atoms with Crippen molar-refractivity contribution in [3.8, 4) is 0 Å². The predicted octanol–water partition coefficient (Wildman–Crippen LogP) is 4.74. The van der Waals surface area contributed by atoms with E-state index in [1.807, 2.05) is 24.3 Å². The summed E-state index contributed by atoms with van der Waals surface area (Å²) in [5, 5.41) is 6.53. The first-order valence-electron chi connectivity index (χ1n) is 8.70. The smallest absolute Gasteiger partial charge is 0.253 e. The van der Waals surface area contributed by atoms with Crippen molar-refractivity contribution in [3.05, 3.63) is 59.1 Å². The zero-order chi connectivity index (χ0) is 18.4. The molecular formula is C20H21ClN2O2S. The predicted molar refractivity (Wildman–Crippen MR) is 107 cm³/mol. The van der Waals surface area contributed by atoms with Crippen molar-refractivity contribution in [1.29, 1.82) is 0 Å². The van der Waals surface area contributed by atoms with Crippen LogP contribution < -0.4 is 10.6 Å². The summed E-state index contributed by atoms with van der Waals surface area (Å²) in [6.07, 6.45) is 4.36. The maximum Gasteiger partial charge on any atom is 0.253 e. The van der Waals surface area contributed by atoms with Crippen molar-refractivity contribution in [2.24, 2.45) is 0 Å². The van der Waals surface area contributed by atoms with E-state index in [9.17, 15) is 9.59 Å². The monoisotopic (exact) mass is 388 g/mol. The number of benzene rings is 2. The summed E-state index contributed by atoms with van der Waals surface area (Å²) >= 11 is 7.48. The molecule has 26 heavy (non-hydrogen) atoms. The average molecular weight is 389 g/mol. The number of para-hydroxylation sites is 1. The molecule has 136 valence electrons. The molecule has 0 unspecified atom stereocenters. The highest BCUT2D eigenvalue weighted by Gasteiger charge is 2.20. The van der Waals surface area contributed by atoms with Gasteiger partial charge in [-0.25, -0.2) is 0 Å². The second-order valence-electron chi connectivity index (χ2n) is 6.27. The summed E-state index contributed by atoms with van der Waals surface area (Å²) in [6.45, 7) is 0. The van der Waals surface area contributed by atoms with Gasteiger partial charge in [-0.15, -0.1) is 11.8 Å². The van der Waals surface area contributed by atoms with Crippen molar-refractivity contribution in [2.75, 3.05) is 11.1 Å². The Hall–Kier alpha value is -1.98. The number of halogens is 1. The number of anilines is 1. The van der Waals surface area contributed by atoms with Gasteiger partial charge in [-0.05, 0) is 37.1 Å². The minimum atomic E-state index is -0.170. The van der Waals surface area contributed by atoms with Crippen LogP contribution in [0.4, 0.5) is 5.69 Å². The molecule has 2 aromatic carbocycles. The number of nitrogens with one attached hydrogen (secondary N) is 2. The molecule has 0 bridgehead atoms. The van der Waals surface area contributed by atoms with E-state index in [2.05, 4.69) is 10.6 Å². The molecule has 3 rings (SSSR count). The highest BCUT2D eigenvalue weighted by Crippen LogP contribution is 2.27. The van der Waals surface area contributed by atoms with Gasteiger partial charge in [0.15, 0.2) is 0 Å². The third-order valence-electron chi connectivity index (χ3n) is 4.33. The van der Waals surface area contributed by atoms with Crippen molar-refractivity contribution in [1.82, 2.24) is 5.32 Å². The van der Waals surface area contributed by atoms with Crippen molar-refractivity contribution in [3.63, 3.8) is 0 Å². The molecule has 2 aromatic rings. The Morgan fingerprint density at radius 1 is 1.04 bits per heavy atom. The highest BCUT2D eigenvalue weighted by molar-refractivity contribution is 8.00. The summed E-state index contributed by atoms with van der Waals surface area (Å²) in [7, 11) is 0. The van der Waals surface area contributed by atoms with Gasteiger partial charge in [0, 0.05) is 10.9 Å². The third-order valence-corrected chi connectivity index (χ3v) is 5.85. The summed E-state index contributed by atoms with van der Waals surface area (Å²) < 4.78 is 0. The molecule has 2 amide bonds. The minimum Gasteiger partial charge on any atom is -0.349 e. The molecule has 0 radical (unpaired) electrons. The van der Waals surface area contributed by atoms with Gasteiger partial charge in [0.2, 0.25) is 5.91 Å². The molecule has 0 aromatic heterocycles. The Kier molecular flexibility index (Phi) is 6.58. The SMILES string of the molecule is O=C(CSc1ccccc1Cl)Nc1ccccc1C(=O)NC1CCCC1. The van der Waals surface area contributed by atoms with Gasteiger partial charge in [0.1, 0.15) is 0 Å². The zero-order valence-electron chi connectivity index (χ0n) is 14.3. The van der Waals surface area contributed by atoms with Gasteiger partial charge in [0.25, 0.3) is 5.91 Å². The van der Waals surface area contributed by atoms with Gasteiger partial charge < -0.3 is 10.6 Å². The van der Waals surface area contributed by atoms with Crippen LogP contribution in [0.15, 0.2) is 53.4 Å². The largest absolute Gasteiger partial charge is 0.349 e. The van der Waals surface area contributed by atoms with Crippen LogP contribution in [0.2, 0.25) is 5.02 Å². The second kappa shape index (κ2) is 9.10. The van der Waals surface area contributed by atoms with Crippen LogP contribution in [-0.2, 0) is 4.79 Å². The lowest BCUT2D eigenvalue weighted by Gasteiger charge is -2.15. The van der Waals surface area contributed by atoms with Crippen LogP contribution in [0.25, 0.3) is 0 Å². The summed E-state index contributed by atoms with van der Waals surface area (Å²) in [5.41, 5.74) is 1.03. The summed E-state index contributed by atoms with van der Waals surface area (Å²) in [5.74, 6) is -0.0786. The summed E-state index contributed by atoms with van der Waals surface area (Å²) in [6, 6.07) is 14.7. The summed E-state index contributed by atoms with van der Waals surface area (Å²) in [4.78, 5) is 25.7. The van der Waals surface area contributed by atoms with E-state index >= 15 is 0 Å². The van der Waals surface area contributed by atoms with Gasteiger partial charge in [-0.1, -0.05) is 48.7 Å². The Morgan fingerprint density at radius 3 is 2.50 bits per heavy atom. The van der Waals surface area contributed by atoms with E-state index in [4.69, 9.17) is 11.6 Å². The molecule has 0 spiro atoms. The molecule has 2 N–H and O–H groups in total. The van der Waals surface area contributed by atoms with Crippen molar-refractivity contribution >= 4 is 40.9 Å². The lowest BCUT2D eigenvalue weighted by molar-refractivity contribution is -0.113. The van der Waals surface area contributed by atoms with Crippen LogP contribution >= 0.6 is 23.4 Å². The Balaban J connectivity index is 1.61. The molecule has 6 heteroatoms. The van der Waals surface area contributed by atoms with Crippen molar-refractivity contribution in [2.45, 2.75) is 36.6 Å². The van der Waals surface area contributed by atoms with Gasteiger partial charge in [-0.2, -0.15) is 0 Å². The second-order valence-corrected chi connectivity index (χ2v) is 7.69. The molecule has 0 saturated heterocycles. The van der Waals surface area contributed by atoms with E-state index in [0.717, 1.165) is 30.6 Å². The average Bonchev–Trinajstić information content (AvgIpc) is 3.14. The number of carbonyl (C=O) groups excluding carboxylic acids is 2. The number of carbonyl (C=O) groups is 2. The number of hydrogen-bond acceptors (Lipinski definition) is 3. The number of rotatable bonds is 6. The van der Waals surface area contributed by atoms with Crippen LogP contribution in [0.5, 0.6) is 0 Å². The number of thioether (sulfide) groups is 1. The lowest BCUT2D eigenvalue weighted by Crippen LogP contribution is -2.33. The van der Waals surface area contributed by atoms with Crippen LogP contribution in [0.3, 0.4) is 0 Å². The molecule has 1 fully saturated rings. The van der Waals surface area contributed by atoms with Crippen LogP contribution in [0, 0.1) is 0 Å². The van der Waals surface area contributed by atoms with Crippen molar-refractivity contribution < 1.29 is 9.59 Å². The fourth-order valence-corrected chi connectivity index (χ4v) is 4.05. The molecule has 1 saturated carbocycles. The number of hydrogen-bond donors (Lipinski definition) is 2. The first kappa shape index (κ1) is 18.8. The van der Waals surface area contributed by atoms with Crippen LogP contribution in [-0.4, -0.2) is 23.6 Å². The molecule has 0 heterocycles. The first-order chi connectivity index (χ1) is 12.6. The molecule has 0 atom stereocenters. The van der Waals surface area contributed by atoms with E-state index < -0.39 is 0 Å². The molecule has 1 aliphatic carbocycles. The minimum absolute atomic E-state index is 0.133. The standard InChI is InChI=1S/C20H21ClN2O2S/c21-16-10-4-6-12-18(16)26-13-19(24)23-17-11-5-3-9-15(17)20(25)22-14-7-1-2-8-14/h3-6,9-12,14H,1-2,7-8,13H2,(H,22,25)(H,23,24). The molecular weight excluding hydrogens is 368 g/mol. The maximum atomic E-state index is 12.5. The molecule has 4 nitrogen and oxygen atoms in total. The normalized spacial score (nSPS) is 14.2. The fourth-order valence-electron chi connectivity index (χ4n) is 3.01. The van der Waals surface area contributed by atoms with Gasteiger partial charge in [-0.3, -0.25) is 9.59 Å². The number of amides is 2. The van der Waals surface area contributed by atoms with E-state index in [1.54, 1.807) is 24.3 Å². The zero-order valence-corrected chi connectivity index (χ0v) is 15.9. The lowest BCUT2D eigenvalue weighted by atomic mass is 10.1. The highest BCUT2D eigenvalue weighted by atomic mass is 35.5. The Morgan fingerprint density at radius 2 is 1.73 bits per heavy atom. The topological polar surface area (TPSA) is 58.2 Å². The molecule has 1 aliphatic rings. The van der Waals surface area contributed by atoms with Crippen LogP contribution in [0.1, 0.15) is 36.0 Å². The third kappa shape index (κ3) is 5.02. The maximum absolute atomic E-state index is 12.5. The van der Waals surface area contributed by atoms with E-state index in [1.165, 1.54) is 11.8 Å². The Labute approximate surface area is 162 Å². The Bertz CT molecular complexity index is 791. The van der Waals surface area contributed by atoms with Gasteiger partial charge in [0.05, 0.1) is 22.0 Å². The quantitative estimate of drug-likeness (QED) is 0.702. The fraction of sp³-hybridized carbons (Fsp3) is 0.300. The van der Waals surface area contributed by atoms with Gasteiger partial charge >= 0.3 is 0 Å². The first-order valence-corrected chi connectivity index (χ1v) is 10.1. The molecule has 0 aliphatic heterocycles.